The van der Waals surface area contributed by atoms with Gasteiger partial charge < -0.3 is 5.11 Å². The van der Waals surface area contributed by atoms with Gasteiger partial charge in [0.25, 0.3) is 0 Å². The molecule has 9 heteroatoms. The van der Waals surface area contributed by atoms with Crippen LogP contribution in [0.4, 0.5) is 4.39 Å². The van der Waals surface area contributed by atoms with Crippen LogP contribution in [0.5, 0.6) is 0 Å². The number of likely N-dealkylation sites (tertiary alicyclic amines) is 1. The van der Waals surface area contributed by atoms with Crippen molar-refractivity contribution >= 4 is 10.0 Å². The molecule has 1 aliphatic heterocycles. The van der Waals surface area contributed by atoms with Crippen LogP contribution in [0, 0.1) is 5.82 Å². The lowest BCUT2D eigenvalue weighted by molar-refractivity contribution is -0.0551. The van der Waals surface area contributed by atoms with Gasteiger partial charge in [-0.1, -0.05) is 24.3 Å². The first-order chi connectivity index (χ1) is 14.8. The topological polar surface area (TPSA) is 95.4 Å². The maximum absolute atomic E-state index is 13.7. The molecule has 31 heavy (non-hydrogen) atoms. The van der Waals surface area contributed by atoms with Crippen molar-refractivity contribution in [3.63, 3.8) is 0 Å². The molecule has 4 rings (SSSR count). The molecular weight excluding hydrogens is 419 g/mol. The van der Waals surface area contributed by atoms with Crippen LogP contribution in [0.25, 0.3) is 0 Å². The number of sulfonamides is 1. The molecule has 1 fully saturated rings. The first-order valence-electron chi connectivity index (χ1n) is 9.77. The molecule has 1 atom stereocenters. The Kier molecular flexibility index (Phi) is 5.85. The summed E-state index contributed by atoms with van der Waals surface area (Å²) in [6, 6.07) is 12.1. The van der Waals surface area contributed by atoms with Crippen LogP contribution in [0.15, 0.2) is 73.3 Å². The van der Waals surface area contributed by atoms with E-state index in [1.807, 2.05) is 4.90 Å². The highest BCUT2D eigenvalue weighted by Crippen LogP contribution is 2.45. The number of halogens is 1. The fourth-order valence-corrected chi connectivity index (χ4v) is 4.88. The van der Waals surface area contributed by atoms with Crippen molar-refractivity contribution in [3.8, 4) is 0 Å². The largest absolute Gasteiger partial charge is 0.378 e. The monoisotopic (exact) mass is 442 g/mol. The number of aromatic nitrogens is 2. The summed E-state index contributed by atoms with van der Waals surface area (Å²) in [5, 5.41) is 12.2. The molecule has 1 unspecified atom stereocenters. The summed E-state index contributed by atoms with van der Waals surface area (Å²) >= 11 is 0. The van der Waals surface area contributed by atoms with Gasteiger partial charge >= 0.3 is 0 Å². The van der Waals surface area contributed by atoms with E-state index in [-0.39, 0.29) is 11.9 Å². The zero-order valence-electron chi connectivity index (χ0n) is 16.9. The van der Waals surface area contributed by atoms with Crippen molar-refractivity contribution in [1.82, 2.24) is 19.6 Å². The van der Waals surface area contributed by atoms with Gasteiger partial charge in [0.2, 0.25) is 10.0 Å². The van der Waals surface area contributed by atoms with Crippen LogP contribution in [0.1, 0.15) is 22.7 Å². The molecule has 7 nitrogen and oxygen atoms in total. The van der Waals surface area contributed by atoms with E-state index in [1.54, 1.807) is 61.2 Å². The minimum absolute atomic E-state index is 0.273. The average Bonchev–Trinajstić information content (AvgIpc) is 2.73. The van der Waals surface area contributed by atoms with E-state index in [9.17, 15) is 17.9 Å². The smallest absolute Gasteiger partial charge is 0.209 e. The summed E-state index contributed by atoms with van der Waals surface area (Å²) in [6.45, 7) is 0.774. The second-order valence-corrected chi connectivity index (χ2v) is 9.52. The van der Waals surface area contributed by atoms with Crippen molar-refractivity contribution in [2.75, 3.05) is 19.3 Å². The van der Waals surface area contributed by atoms with Gasteiger partial charge in [-0.2, -0.15) is 0 Å². The highest BCUT2D eigenvalue weighted by Gasteiger charge is 2.48. The Hall–Kier alpha value is -2.72. The normalized spacial score (nSPS) is 16.6. The molecule has 1 saturated heterocycles. The van der Waals surface area contributed by atoms with E-state index in [0.717, 1.165) is 6.26 Å². The Balaban J connectivity index is 1.81. The van der Waals surface area contributed by atoms with Gasteiger partial charge in [0.15, 0.2) is 0 Å². The van der Waals surface area contributed by atoms with Crippen LogP contribution in [-0.4, -0.2) is 53.8 Å². The first kappa shape index (κ1) is 21.5. The number of nitrogens with zero attached hydrogens (tertiary/aromatic N) is 3. The third-order valence-electron chi connectivity index (χ3n) is 5.44. The maximum atomic E-state index is 13.7. The second kappa shape index (κ2) is 8.43. The van der Waals surface area contributed by atoms with E-state index in [1.165, 1.54) is 12.1 Å². The summed E-state index contributed by atoms with van der Waals surface area (Å²) in [6.07, 6.45) is 7.55. The van der Waals surface area contributed by atoms with E-state index < -0.39 is 21.7 Å². The first-order valence-corrected chi connectivity index (χ1v) is 11.7. The second-order valence-electron chi connectivity index (χ2n) is 7.74. The fourth-order valence-electron chi connectivity index (χ4n) is 4.12. The highest BCUT2D eigenvalue weighted by molar-refractivity contribution is 7.88. The number of pyridine rings is 2. The van der Waals surface area contributed by atoms with Gasteiger partial charge in [-0.25, -0.2) is 17.5 Å². The lowest BCUT2D eigenvalue weighted by Crippen LogP contribution is -2.62. The van der Waals surface area contributed by atoms with E-state index in [0.29, 0.717) is 29.8 Å². The number of benzene rings is 1. The zero-order chi connectivity index (χ0) is 22.1. The molecule has 0 aliphatic carbocycles. The minimum atomic E-state index is -3.35. The van der Waals surface area contributed by atoms with Gasteiger partial charge in [0.1, 0.15) is 11.4 Å². The Morgan fingerprint density at radius 1 is 1.06 bits per heavy atom. The number of hydrogen-bond acceptors (Lipinski definition) is 6. The molecule has 2 aromatic heterocycles. The van der Waals surface area contributed by atoms with Gasteiger partial charge in [0.05, 0.1) is 12.3 Å². The van der Waals surface area contributed by atoms with Gasteiger partial charge in [-0.05, 0) is 29.8 Å². The number of hydrogen-bond donors (Lipinski definition) is 2. The van der Waals surface area contributed by atoms with Crippen LogP contribution in [0.2, 0.25) is 0 Å². The summed E-state index contributed by atoms with van der Waals surface area (Å²) in [5.74, 6) is -0.381. The van der Waals surface area contributed by atoms with Gasteiger partial charge in [-0.15, -0.1) is 0 Å². The van der Waals surface area contributed by atoms with Crippen molar-refractivity contribution in [2.45, 2.75) is 17.7 Å². The average molecular weight is 443 g/mol. The third kappa shape index (κ3) is 4.49. The summed E-state index contributed by atoms with van der Waals surface area (Å²) in [5.41, 5.74) is 0.235. The molecule has 0 bridgehead atoms. The lowest BCUT2D eigenvalue weighted by Gasteiger charge is -2.50. The molecule has 1 aromatic carbocycles. The minimum Gasteiger partial charge on any atom is -0.378 e. The molecule has 0 radical (unpaired) electrons. The third-order valence-corrected chi connectivity index (χ3v) is 6.20. The Morgan fingerprint density at radius 2 is 1.61 bits per heavy atom. The van der Waals surface area contributed by atoms with E-state index in [4.69, 9.17) is 0 Å². The number of nitrogens with one attached hydrogen (secondary N) is 1. The van der Waals surface area contributed by atoms with Crippen molar-refractivity contribution in [3.05, 3.63) is 95.8 Å². The predicted octanol–water partition coefficient (Wildman–Crippen LogP) is 1.83. The molecule has 2 N–H and O–H groups in total. The molecular formula is C22H23FN4O3S. The standard InChI is InChI=1S/C22H23FN4O3S/c1-31(29,30)26-20-14-27(15-20)21(16-6-8-19(23)9-7-16)22(28,17-4-2-10-24-12-17)18-5-3-11-25-13-18/h2-13,20-21,26,28H,14-15H2,1H3. The van der Waals surface area contributed by atoms with E-state index in [2.05, 4.69) is 14.7 Å². The van der Waals surface area contributed by atoms with Crippen LogP contribution >= 0.6 is 0 Å². The summed E-state index contributed by atoms with van der Waals surface area (Å²) in [4.78, 5) is 10.3. The quantitative estimate of drug-likeness (QED) is 0.580. The number of aliphatic hydroxyl groups is 1. The van der Waals surface area contributed by atoms with Crippen LogP contribution in [-0.2, 0) is 15.6 Å². The molecule has 0 spiro atoms. The summed E-state index contributed by atoms with van der Waals surface area (Å²) in [7, 11) is -3.35. The van der Waals surface area contributed by atoms with Crippen molar-refractivity contribution < 1.29 is 17.9 Å². The van der Waals surface area contributed by atoms with E-state index >= 15 is 0 Å². The molecule has 1 aliphatic rings. The Morgan fingerprint density at radius 3 is 2.06 bits per heavy atom. The molecule has 3 heterocycles. The SMILES string of the molecule is CS(=O)(=O)NC1CN(C(c2ccc(F)cc2)C(O)(c2cccnc2)c2cccnc2)C1. The van der Waals surface area contributed by atoms with Crippen molar-refractivity contribution in [1.29, 1.82) is 0 Å². The number of rotatable bonds is 7. The van der Waals surface area contributed by atoms with Crippen LogP contribution < -0.4 is 4.72 Å². The Bertz CT molecular complexity index is 1080. The molecule has 0 saturated carbocycles. The van der Waals surface area contributed by atoms with Gasteiger partial charge in [-0.3, -0.25) is 14.9 Å². The summed E-state index contributed by atoms with van der Waals surface area (Å²) < 4.78 is 39.5. The molecule has 0 amide bonds. The lowest BCUT2D eigenvalue weighted by atomic mass is 9.76. The predicted molar refractivity (Wildman–Crippen MR) is 114 cm³/mol. The fraction of sp³-hybridized carbons (Fsp3) is 0.273. The molecule has 3 aromatic rings. The van der Waals surface area contributed by atoms with Gasteiger partial charge in [0, 0.05) is 55.0 Å². The highest BCUT2D eigenvalue weighted by atomic mass is 32.2. The maximum Gasteiger partial charge on any atom is 0.209 e. The molecule has 162 valence electrons. The van der Waals surface area contributed by atoms with Crippen LogP contribution in [0.3, 0.4) is 0 Å². The van der Waals surface area contributed by atoms with Crippen molar-refractivity contribution in [2.24, 2.45) is 0 Å². The zero-order valence-corrected chi connectivity index (χ0v) is 17.7. The Labute approximate surface area is 180 Å².